The van der Waals surface area contributed by atoms with Crippen molar-refractivity contribution in [3.8, 4) is 0 Å². The van der Waals surface area contributed by atoms with Crippen molar-refractivity contribution in [2.75, 3.05) is 25.5 Å². The average molecular weight is 454 g/mol. The highest BCUT2D eigenvalue weighted by Crippen LogP contribution is 2.34. The average Bonchev–Trinajstić information content (AvgIpc) is 3.27. The van der Waals surface area contributed by atoms with Crippen LogP contribution in [0.15, 0.2) is 30.5 Å². The molecule has 1 aromatic carbocycles. The van der Waals surface area contributed by atoms with Crippen molar-refractivity contribution < 1.29 is 14.0 Å². The fourth-order valence-corrected chi connectivity index (χ4v) is 5.02. The van der Waals surface area contributed by atoms with Gasteiger partial charge in [0.15, 0.2) is 11.6 Å². The number of ketones is 1. The zero-order valence-corrected chi connectivity index (χ0v) is 19.1. The molecule has 1 saturated heterocycles. The molecule has 4 rings (SSSR count). The quantitative estimate of drug-likeness (QED) is 0.591. The number of carbonyl (C=O) groups is 2. The molecule has 2 atom stereocenters. The minimum absolute atomic E-state index is 0.00890. The Balaban J connectivity index is 1.37. The molecule has 1 amide bonds. The Morgan fingerprint density at radius 3 is 2.58 bits per heavy atom. The minimum Gasteiger partial charge on any atom is -0.369 e. The van der Waals surface area contributed by atoms with Gasteiger partial charge < -0.3 is 16.0 Å². The summed E-state index contributed by atoms with van der Waals surface area (Å²) in [6.07, 6.45) is 6.73. The molecule has 33 heavy (non-hydrogen) atoms. The van der Waals surface area contributed by atoms with Gasteiger partial charge in [-0.3, -0.25) is 9.59 Å². The topological polar surface area (TPSA) is 101 Å². The number of piperidine rings is 1. The third kappa shape index (κ3) is 5.93. The number of carbonyl (C=O) groups excluding carboxylic acids is 2. The maximum atomic E-state index is 14.3. The van der Waals surface area contributed by atoms with Crippen molar-refractivity contribution in [2.24, 2.45) is 23.5 Å². The number of likely N-dealkylation sites (tertiary alicyclic amines) is 1. The molecule has 2 aromatic rings. The smallest absolute Gasteiger partial charge is 0.227 e. The van der Waals surface area contributed by atoms with Gasteiger partial charge in [-0.05, 0) is 88.3 Å². The van der Waals surface area contributed by atoms with Gasteiger partial charge in [-0.1, -0.05) is 6.42 Å². The number of primary amides is 1. The standard InChI is InChI=1S/C25H32FN5O2/c1-31-11-9-16(10-12-31)13-23(32)17-5-7-19(8-6-17)29-25-28-15-21(26)22(30-25)14-18-3-2-4-20(18)24(27)33/h5-8,15-16,18,20H,2-4,9-14H2,1H3,(H2,27,33)(H,28,29,30)/t18-,20-/m0/s1. The van der Waals surface area contributed by atoms with Crippen LogP contribution in [-0.4, -0.2) is 46.7 Å². The molecular weight excluding hydrogens is 421 g/mol. The molecule has 2 aliphatic rings. The summed E-state index contributed by atoms with van der Waals surface area (Å²) in [5.74, 6) is -0.125. The molecule has 2 fully saturated rings. The number of amides is 1. The van der Waals surface area contributed by atoms with Crippen molar-refractivity contribution in [3.63, 3.8) is 0 Å². The summed E-state index contributed by atoms with van der Waals surface area (Å²) in [5.41, 5.74) is 7.20. The highest BCUT2D eigenvalue weighted by Gasteiger charge is 2.32. The van der Waals surface area contributed by atoms with Gasteiger partial charge in [0.05, 0.1) is 11.9 Å². The van der Waals surface area contributed by atoms with Crippen LogP contribution in [0.2, 0.25) is 0 Å². The molecule has 1 aromatic heterocycles. The lowest BCUT2D eigenvalue weighted by Crippen LogP contribution is -2.31. The van der Waals surface area contributed by atoms with E-state index < -0.39 is 5.82 Å². The maximum absolute atomic E-state index is 14.3. The predicted molar refractivity (Wildman–Crippen MR) is 125 cm³/mol. The lowest BCUT2D eigenvalue weighted by atomic mass is 9.90. The van der Waals surface area contributed by atoms with Crippen LogP contribution in [-0.2, 0) is 11.2 Å². The number of nitrogens with one attached hydrogen (secondary N) is 1. The van der Waals surface area contributed by atoms with Crippen molar-refractivity contribution in [3.05, 3.63) is 47.5 Å². The maximum Gasteiger partial charge on any atom is 0.227 e. The van der Waals surface area contributed by atoms with E-state index in [4.69, 9.17) is 5.73 Å². The van der Waals surface area contributed by atoms with E-state index in [1.54, 1.807) is 12.1 Å². The largest absolute Gasteiger partial charge is 0.369 e. The molecule has 2 heterocycles. The highest BCUT2D eigenvalue weighted by atomic mass is 19.1. The SMILES string of the molecule is CN1CCC(CC(=O)c2ccc(Nc3ncc(F)c(C[C@@H]4CCC[C@@H]4C(N)=O)n3)cc2)CC1. The van der Waals surface area contributed by atoms with E-state index in [0.717, 1.165) is 57.1 Å². The van der Waals surface area contributed by atoms with E-state index in [-0.39, 0.29) is 35.2 Å². The van der Waals surface area contributed by atoms with Crippen LogP contribution >= 0.6 is 0 Å². The Hall–Kier alpha value is -2.87. The van der Waals surface area contributed by atoms with Crippen LogP contribution in [0, 0.1) is 23.6 Å². The zero-order chi connectivity index (χ0) is 23.4. The number of nitrogens with two attached hydrogens (primary N) is 1. The van der Waals surface area contributed by atoms with E-state index in [0.29, 0.717) is 24.3 Å². The summed E-state index contributed by atoms with van der Waals surface area (Å²) in [5, 5.41) is 3.09. The van der Waals surface area contributed by atoms with Crippen LogP contribution in [0.3, 0.4) is 0 Å². The van der Waals surface area contributed by atoms with Gasteiger partial charge in [-0.2, -0.15) is 0 Å². The predicted octanol–water partition coefficient (Wildman–Crippen LogP) is 3.72. The van der Waals surface area contributed by atoms with Gasteiger partial charge in [0.2, 0.25) is 11.9 Å². The van der Waals surface area contributed by atoms with Gasteiger partial charge in [-0.25, -0.2) is 14.4 Å². The number of rotatable bonds is 8. The molecular formula is C25H32FN5O2. The molecule has 1 aliphatic heterocycles. The lowest BCUT2D eigenvalue weighted by Gasteiger charge is -2.28. The Bertz CT molecular complexity index is 989. The Labute approximate surface area is 194 Å². The second-order valence-electron chi connectivity index (χ2n) is 9.47. The first-order valence-electron chi connectivity index (χ1n) is 11.8. The first-order chi connectivity index (χ1) is 15.9. The summed E-state index contributed by atoms with van der Waals surface area (Å²) >= 11 is 0. The van der Waals surface area contributed by atoms with E-state index in [9.17, 15) is 14.0 Å². The molecule has 0 unspecified atom stereocenters. The van der Waals surface area contributed by atoms with Gasteiger partial charge in [-0.15, -0.1) is 0 Å². The zero-order valence-electron chi connectivity index (χ0n) is 19.1. The summed E-state index contributed by atoms with van der Waals surface area (Å²) in [4.78, 5) is 35.0. The first kappa shape index (κ1) is 23.3. The molecule has 3 N–H and O–H groups in total. The van der Waals surface area contributed by atoms with Gasteiger partial charge in [0.1, 0.15) is 0 Å². The van der Waals surface area contributed by atoms with Crippen LogP contribution in [0.4, 0.5) is 16.0 Å². The molecule has 1 saturated carbocycles. The molecule has 1 aliphatic carbocycles. The number of nitrogens with zero attached hydrogens (tertiary/aromatic N) is 3. The van der Waals surface area contributed by atoms with Crippen LogP contribution < -0.4 is 11.1 Å². The molecule has 176 valence electrons. The summed E-state index contributed by atoms with van der Waals surface area (Å²) in [6.45, 7) is 2.09. The van der Waals surface area contributed by atoms with E-state index in [2.05, 4.69) is 27.2 Å². The van der Waals surface area contributed by atoms with Crippen molar-refractivity contribution >= 4 is 23.3 Å². The van der Waals surface area contributed by atoms with E-state index >= 15 is 0 Å². The fourth-order valence-electron chi connectivity index (χ4n) is 5.02. The number of halogens is 1. The van der Waals surface area contributed by atoms with E-state index in [1.807, 2.05) is 12.1 Å². The summed E-state index contributed by atoms with van der Waals surface area (Å²) in [7, 11) is 2.12. The third-order valence-corrected chi connectivity index (χ3v) is 7.07. The van der Waals surface area contributed by atoms with Crippen molar-refractivity contribution in [1.82, 2.24) is 14.9 Å². The van der Waals surface area contributed by atoms with Gasteiger partial charge >= 0.3 is 0 Å². The molecule has 0 spiro atoms. The Morgan fingerprint density at radius 1 is 1.15 bits per heavy atom. The Morgan fingerprint density at radius 2 is 1.88 bits per heavy atom. The van der Waals surface area contributed by atoms with E-state index in [1.165, 1.54) is 0 Å². The molecule has 0 radical (unpaired) electrons. The third-order valence-electron chi connectivity index (χ3n) is 7.07. The number of hydrogen-bond acceptors (Lipinski definition) is 6. The van der Waals surface area contributed by atoms with Crippen LogP contribution in [0.1, 0.15) is 54.6 Å². The number of hydrogen-bond donors (Lipinski definition) is 2. The van der Waals surface area contributed by atoms with Gasteiger partial charge in [0, 0.05) is 23.6 Å². The summed E-state index contributed by atoms with van der Waals surface area (Å²) in [6, 6.07) is 7.24. The van der Waals surface area contributed by atoms with Crippen LogP contribution in [0.5, 0.6) is 0 Å². The second kappa shape index (κ2) is 10.4. The second-order valence-corrected chi connectivity index (χ2v) is 9.47. The normalized spacial score (nSPS) is 21.8. The molecule has 8 heteroatoms. The van der Waals surface area contributed by atoms with Crippen LogP contribution in [0.25, 0.3) is 0 Å². The highest BCUT2D eigenvalue weighted by molar-refractivity contribution is 5.96. The lowest BCUT2D eigenvalue weighted by molar-refractivity contribution is -0.122. The van der Waals surface area contributed by atoms with Gasteiger partial charge in [0.25, 0.3) is 0 Å². The van der Waals surface area contributed by atoms with Crippen molar-refractivity contribution in [2.45, 2.75) is 44.9 Å². The minimum atomic E-state index is -0.481. The Kier molecular flexibility index (Phi) is 7.33. The molecule has 7 nitrogen and oxygen atoms in total. The monoisotopic (exact) mass is 453 g/mol. The number of anilines is 2. The molecule has 0 bridgehead atoms. The number of benzene rings is 1. The summed E-state index contributed by atoms with van der Waals surface area (Å²) < 4.78 is 14.3. The fraction of sp³-hybridized carbons (Fsp3) is 0.520. The number of Topliss-reactive ketones (excluding diaryl/α,β-unsaturated/α-hetero) is 1. The number of aromatic nitrogens is 2. The van der Waals surface area contributed by atoms with Crippen molar-refractivity contribution in [1.29, 1.82) is 0 Å². The first-order valence-corrected chi connectivity index (χ1v) is 11.8.